The number of urea groups is 1. The molecule has 0 heterocycles. The third-order valence-corrected chi connectivity index (χ3v) is 4.74. The van der Waals surface area contributed by atoms with Gasteiger partial charge in [-0.25, -0.2) is 9.59 Å². The van der Waals surface area contributed by atoms with Crippen LogP contribution in [0.4, 0.5) is 4.79 Å². The number of hydrogen-bond acceptors (Lipinski definition) is 7. The first-order chi connectivity index (χ1) is 16.8. The van der Waals surface area contributed by atoms with E-state index in [-0.39, 0.29) is 38.1 Å². The number of primary amides is 1. The summed E-state index contributed by atoms with van der Waals surface area (Å²) in [7, 11) is 0. The third kappa shape index (κ3) is 13.8. The second kappa shape index (κ2) is 16.8. The molecule has 0 aliphatic heterocycles. The van der Waals surface area contributed by atoms with Gasteiger partial charge in [-0.05, 0) is 39.0 Å². The molecular weight excluding hydrogens is 474 g/mol. The Kier molecular flexibility index (Phi) is 15.0. The molecular formula is C22H37N7O7. The van der Waals surface area contributed by atoms with E-state index in [4.69, 9.17) is 16.0 Å². The van der Waals surface area contributed by atoms with Crippen LogP contribution in [0.5, 0.6) is 0 Å². The van der Waals surface area contributed by atoms with Crippen LogP contribution in [-0.4, -0.2) is 77.3 Å². The summed E-state index contributed by atoms with van der Waals surface area (Å²) in [5, 5.41) is 9.98. The Balaban J connectivity index is 5.69. The number of amides is 5. The van der Waals surface area contributed by atoms with E-state index < -0.39 is 59.7 Å². The fraction of sp³-hybridized carbons (Fsp3) is 0.682. The van der Waals surface area contributed by atoms with Crippen molar-refractivity contribution in [2.75, 3.05) is 6.54 Å². The number of nitrogens with two attached hydrogens (primary N) is 1. The number of rotatable bonds is 16. The molecule has 0 unspecified atom stereocenters. The number of esters is 1. The fourth-order valence-corrected chi connectivity index (χ4v) is 3.05. The molecule has 0 saturated heterocycles. The van der Waals surface area contributed by atoms with Crippen molar-refractivity contribution in [3.63, 3.8) is 0 Å². The predicted molar refractivity (Wildman–Crippen MR) is 128 cm³/mol. The van der Waals surface area contributed by atoms with Gasteiger partial charge < -0.3 is 37.3 Å². The fourth-order valence-electron chi connectivity index (χ4n) is 3.05. The van der Waals surface area contributed by atoms with Crippen molar-refractivity contribution < 1.29 is 38.3 Å². The molecule has 3 atom stereocenters. The van der Waals surface area contributed by atoms with Crippen LogP contribution in [0.25, 0.3) is 5.53 Å². The van der Waals surface area contributed by atoms with Crippen LogP contribution in [0.3, 0.4) is 0 Å². The molecule has 14 heteroatoms. The molecule has 0 aliphatic rings. The van der Waals surface area contributed by atoms with Gasteiger partial charge in [-0.2, -0.15) is 4.79 Å². The average Bonchev–Trinajstić information content (AvgIpc) is 2.75. The lowest BCUT2D eigenvalue weighted by atomic mass is 10.0. The first-order valence-electron chi connectivity index (χ1n) is 11.6. The third-order valence-electron chi connectivity index (χ3n) is 4.74. The number of nitrogens with one attached hydrogen (secondary N) is 4. The first-order valence-corrected chi connectivity index (χ1v) is 11.6. The zero-order valence-electron chi connectivity index (χ0n) is 21.3. The van der Waals surface area contributed by atoms with Gasteiger partial charge in [0.15, 0.2) is 0 Å². The lowest BCUT2D eigenvalue weighted by Crippen LogP contribution is -2.57. The van der Waals surface area contributed by atoms with Crippen molar-refractivity contribution in [3.05, 3.63) is 5.53 Å². The van der Waals surface area contributed by atoms with Gasteiger partial charge in [0.05, 0.1) is 6.10 Å². The highest BCUT2D eigenvalue weighted by molar-refractivity contribution is 6.25. The van der Waals surface area contributed by atoms with Gasteiger partial charge in [0, 0.05) is 19.9 Å². The predicted octanol–water partition coefficient (Wildman–Crippen LogP) is -0.833. The molecule has 5 amide bonds. The molecule has 202 valence electrons. The lowest BCUT2D eigenvalue weighted by Gasteiger charge is -2.26. The van der Waals surface area contributed by atoms with Gasteiger partial charge >= 0.3 is 18.2 Å². The molecule has 6 N–H and O–H groups in total. The van der Waals surface area contributed by atoms with Crippen molar-refractivity contribution >= 4 is 41.7 Å². The molecule has 0 bridgehead atoms. The van der Waals surface area contributed by atoms with Crippen LogP contribution < -0.4 is 27.0 Å². The number of nitrogens with zero attached hydrogens (tertiary/aromatic N) is 2. The highest BCUT2D eigenvalue weighted by Gasteiger charge is 2.31. The Bertz CT molecular complexity index is 854. The summed E-state index contributed by atoms with van der Waals surface area (Å²) in [4.78, 5) is 75.3. The molecule has 0 saturated carbocycles. The van der Waals surface area contributed by atoms with E-state index in [1.807, 2.05) is 0 Å². The van der Waals surface area contributed by atoms with Crippen molar-refractivity contribution in [1.82, 2.24) is 21.3 Å². The molecule has 14 nitrogen and oxygen atoms in total. The van der Waals surface area contributed by atoms with Gasteiger partial charge in [-0.15, -0.1) is 0 Å². The molecule has 0 rings (SSSR count). The van der Waals surface area contributed by atoms with Crippen LogP contribution in [0.15, 0.2) is 0 Å². The van der Waals surface area contributed by atoms with Gasteiger partial charge in [0.1, 0.15) is 18.1 Å². The molecule has 0 fully saturated rings. The van der Waals surface area contributed by atoms with E-state index in [9.17, 15) is 28.8 Å². The number of ether oxygens (including phenoxy) is 1. The second-order valence-corrected chi connectivity index (χ2v) is 8.71. The number of hydrogen-bond donors (Lipinski definition) is 5. The van der Waals surface area contributed by atoms with Crippen LogP contribution in [0.1, 0.15) is 60.3 Å². The molecule has 0 aliphatic carbocycles. The van der Waals surface area contributed by atoms with Crippen molar-refractivity contribution in [1.29, 1.82) is 0 Å². The largest absolute Gasteiger partial charge is 0.461 e. The molecule has 36 heavy (non-hydrogen) atoms. The molecule has 0 aromatic heterocycles. The second-order valence-electron chi connectivity index (χ2n) is 8.71. The van der Waals surface area contributed by atoms with Gasteiger partial charge in [0.2, 0.25) is 23.5 Å². The minimum atomic E-state index is -1.23. The Morgan fingerprint density at radius 2 is 1.56 bits per heavy atom. The SMILES string of the molecule is CC(=O)N[C@H](C(=O)N[C@@H](CCCNC(N)=O)C(=O)N[C@@H](CCC(=O)C=[N+]=[N-])C(=O)OC(C)C)C(C)C. The monoisotopic (exact) mass is 511 g/mol. The topological polar surface area (TPSA) is 222 Å². The molecule has 0 radical (unpaired) electrons. The molecule has 0 spiro atoms. The maximum absolute atomic E-state index is 13.1. The smallest absolute Gasteiger partial charge is 0.328 e. The van der Waals surface area contributed by atoms with E-state index in [1.165, 1.54) is 6.92 Å². The minimum absolute atomic E-state index is 0.0603. The van der Waals surface area contributed by atoms with E-state index in [0.717, 1.165) is 0 Å². The van der Waals surface area contributed by atoms with Crippen molar-refractivity contribution in [3.8, 4) is 0 Å². The van der Waals surface area contributed by atoms with Crippen molar-refractivity contribution in [2.24, 2.45) is 11.7 Å². The Hall–Kier alpha value is -3.80. The van der Waals surface area contributed by atoms with Crippen LogP contribution in [-0.2, 0) is 28.7 Å². The summed E-state index contributed by atoms with van der Waals surface area (Å²) < 4.78 is 5.16. The number of carbonyl (C=O) groups is 6. The highest BCUT2D eigenvalue weighted by atomic mass is 16.5. The van der Waals surface area contributed by atoms with Crippen LogP contribution >= 0.6 is 0 Å². The summed E-state index contributed by atoms with van der Waals surface area (Å²) in [5.41, 5.74) is 13.5. The van der Waals surface area contributed by atoms with E-state index in [0.29, 0.717) is 6.21 Å². The van der Waals surface area contributed by atoms with E-state index in [1.54, 1.807) is 27.7 Å². The quantitative estimate of drug-likeness (QED) is 0.0580. The number of carbonyl (C=O) groups excluding carboxylic acids is 6. The minimum Gasteiger partial charge on any atom is -0.461 e. The summed E-state index contributed by atoms with van der Waals surface area (Å²) in [6.07, 6.45) is 0.124. The molecule has 0 aromatic rings. The van der Waals surface area contributed by atoms with Gasteiger partial charge in [-0.3, -0.25) is 19.2 Å². The maximum atomic E-state index is 13.1. The average molecular weight is 512 g/mol. The summed E-state index contributed by atoms with van der Waals surface area (Å²) in [5.74, 6) is -3.43. The normalized spacial score (nSPS) is 13.0. The Morgan fingerprint density at radius 1 is 0.944 bits per heavy atom. The van der Waals surface area contributed by atoms with Crippen LogP contribution in [0.2, 0.25) is 0 Å². The first kappa shape index (κ1) is 32.2. The Labute approximate surface area is 210 Å². The number of ketones is 1. The zero-order chi connectivity index (χ0) is 27.8. The molecule has 0 aromatic carbocycles. The highest BCUT2D eigenvalue weighted by Crippen LogP contribution is 2.08. The van der Waals surface area contributed by atoms with Gasteiger partial charge in [-0.1, -0.05) is 13.8 Å². The van der Waals surface area contributed by atoms with Gasteiger partial charge in [0.25, 0.3) is 0 Å². The lowest BCUT2D eigenvalue weighted by molar-refractivity contribution is -0.152. The zero-order valence-corrected chi connectivity index (χ0v) is 21.3. The standard InChI is InChI=1S/C22H37N7O7/c1-12(2)18(27-14(5)30)20(33)28-16(7-6-10-25-22(23)35)19(32)29-17(21(34)36-13(3)4)9-8-15(31)11-26-24/h11-13,16-18H,6-10H2,1-5H3,(H,27,30)(H,28,33)(H,29,32)(H3,23,25,35)/t16-,17-,18-/m0/s1. The van der Waals surface area contributed by atoms with E-state index in [2.05, 4.69) is 26.1 Å². The Morgan fingerprint density at radius 3 is 2.06 bits per heavy atom. The van der Waals surface area contributed by atoms with Crippen molar-refractivity contribution in [2.45, 2.75) is 84.5 Å². The summed E-state index contributed by atoms with van der Waals surface area (Å²) >= 11 is 0. The maximum Gasteiger partial charge on any atom is 0.328 e. The van der Waals surface area contributed by atoms with Crippen LogP contribution in [0, 0.1) is 5.92 Å². The van der Waals surface area contributed by atoms with E-state index >= 15 is 0 Å². The number of Topliss-reactive ketones (excluding diaryl/α,β-unsaturated/α-hetero) is 1. The summed E-state index contributed by atoms with van der Waals surface area (Å²) in [6.45, 7) is 8.05. The summed E-state index contributed by atoms with van der Waals surface area (Å²) in [6, 6.07) is -4.04.